The molecule has 0 aliphatic carbocycles. The van der Waals surface area contributed by atoms with Gasteiger partial charge >= 0.3 is 6.36 Å². The smallest absolute Gasteiger partial charge is 0.406 e. The molecule has 0 saturated carbocycles. The van der Waals surface area contributed by atoms with Crippen molar-refractivity contribution in [1.82, 2.24) is 0 Å². The molecule has 0 N–H and O–H groups in total. The molecule has 0 unspecified atom stereocenters. The minimum atomic E-state index is -4.78. The number of ether oxygens (including phenoxy) is 1. The van der Waals surface area contributed by atoms with Crippen molar-refractivity contribution in [2.75, 3.05) is 12.0 Å². The lowest BCUT2D eigenvalue weighted by Crippen LogP contribution is -2.17. The van der Waals surface area contributed by atoms with Crippen LogP contribution in [0.1, 0.15) is 16.8 Å². The van der Waals surface area contributed by atoms with Crippen LogP contribution in [0.5, 0.6) is 5.75 Å². The van der Waals surface area contributed by atoms with E-state index in [0.717, 1.165) is 12.1 Å². The number of alkyl halides is 3. The van der Waals surface area contributed by atoms with Gasteiger partial charge < -0.3 is 4.74 Å². The van der Waals surface area contributed by atoms with E-state index in [4.69, 9.17) is 11.6 Å². The fraction of sp³-hybridized carbons (Fsp3) is 0.364. The van der Waals surface area contributed by atoms with Gasteiger partial charge in [0.1, 0.15) is 5.75 Å². The molecular weight excluding hydrogens is 289 g/mol. The zero-order chi connectivity index (χ0) is 13.8. The van der Waals surface area contributed by atoms with E-state index in [1.807, 2.05) is 6.26 Å². The van der Waals surface area contributed by atoms with Gasteiger partial charge in [-0.15, -0.1) is 13.2 Å². The highest BCUT2D eigenvalue weighted by Gasteiger charge is 2.31. The molecule has 0 saturated heterocycles. The molecule has 100 valence electrons. The van der Waals surface area contributed by atoms with Crippen molar-refractivity contribution in [2.45, 2.75) is 12.8 Å². The standard InChI is InChI=1S/C11H10ClF3O2S/c1-18-5-4-10(16)8-6-7(2-3-9(8)12)17-11(13,14)15/h2-3,6H,4-5H2,1H3. The summed E-state index contributed by atoms with van der Waals surface area (Å²) in [5.74, 6) is -0.166. The van der Waals surface area contributed by atoms with Crippen molar-refractivity contribution in [3.8, 4) is 5.75 Å². The lowest BCUT2D eigenvalue weighted by molar-refractivity contribution is -0.274. The highest BCUT2D eigenvalue weighted by molar-refractivity contribution is 7.98. The summed E-state index contributed by atoms with van der Waals surface area (Å²) in [6.45, 7) is 0. The van der Waals surface area contributed by atoms with Crippen molar-refractivity contribution < 1.29 is 22.7 Å². The van der Waals surface area contributed by atoms with Crippen molar-refractivity contribution >= 4 is 29.1 Å². The van der Waals surface area contributed by atoms with Crippen molar-refractivity contribution in [2.24, 2.45) is 0 Å². The fourth-order valence-corrected chi connectivity index (χ4v) is 1.86. The van der Waals surface area contributed by atoms with Crippen LogP contribution in [-0.4, -0.2) is 24.2 Å². The monoisotopic (exact) mass is 298 g/mol. The molecule has 1 aromatic rings. The predicted molar refractivity (Wildman–Crippen MR) is 65.5 cm³/mol. The molecule has 0 bridgehead atoms. The highest BCUT2D eigenvalue weighted by Crippen LogP contribution is 2.28. The first kappa shape index (κ1) is 15.2. The second-order valence-electron chi connectivity index (χ2n) is 3.36. The number of hydrogen-bond acceptors (Lipinski definition) is 3. The van der Waals surface area contributed by atoms with Crippen molar-refractivity contribution in [1.29, 1.82) is 0 Å². The van der Waals surface area contributed by atoms with Gasteiger partial charge in [0.05, 0.1) is 5.02 Å². The average molecular weight is 299 g/mol. The van der Waals surface area contributed by atoms with E-state index < -0.39 is 12.1 Å². The summed E-state index contributed by atoms with van der Waals surface area (Å²) >= 11 is 7.25. The third kappa shape index (κ3) is 4.78. The highest BCUT2D eigenvalue weighted by atomic mass is 35.5. The molecule has 1 aromatic carbocycles. The second-order valence-corrected chi connectivity index (χ2v) is 4.75. The number of carbonyl (C=O) groups is 1. The Morgan fingerprint density at radius 3 is 2.67 bits per heavy atom. The van der Waals surface area contributed by atoms with Crippen LogP contribution in [-0.2, 0) is 0 Å². The molecule has 0 aromatic heterocycles. The first-order valence-electron chi connectivity index (χ1n) is 4.91. The van der Waals surface area contributed by atoms with E-state index in [0.29, 0.717) is 5.75 Å². The van der Waals surface area contributed by atoms with Gasteiger partial charge in [-0.25, -0.2) is 0 Å². The van der Waals surface area contributed by atoms with E-state index in [2.05, 4.69) is 4.74 Å². The fourth-order valence-electron chi connectivity index (χ4n) is 1.24. The van der Waals surface area contributed by atoms with E-state index in [-0.39, 0.29) is 22.8 Å². The number of rotatable bonds is 5. The van der Waals surface area contributed by atoms with Crippen LogP contribution in [0.2, 0.25) is 5.02 Å². The maximum Gasteiger partial charge on any atom is 0.573 e. The van der Waals surface area contributed by atoms with Crippen LogP contribution < -0.4 is 4.74 Å². The average Bonchev–Trinajstić information content (AvgIpc) is 2.26. The molecule has 1 rings (SSSR count). The molecule has 0 radical (unpaired) electrons. The first-order valence-corrected chi connectivity index (χ1v) is 6.68. The number of ketones is 1. The zero-order valence-electron chi connectivity index (χ0n) is 9.38. The molecule has 0 heterocycles. The van der Waals surface area contributed by atoms with E-state index in [1.54, 1.807) is 0 Å². The number of hydrogen-bond donors (Lipinski definition) is 0. The summed E-state index contributed by atoms with van der Waals surface area (Å²) in [5.41, 5.74) is 0.0486. The third-order valence-corrected chi connectivity index (χ3v) is 2.95. The molecule has 0 atom stereocenters. The molecule has 0 spiro atoms. The topological polar surface area (TPSA) is 26.3 Å². The van der Waals surface area contributed by atoms with E-state index >= 15 is 0 Å². The Hall–Kier alpha value is -0.880. The lowest BCUT2D eigenvalue weighted by Gasteiger charge is -2.10. The summed E-state index contributed by atoms with van der Waals surface area (Å²) < 4.78 is 39.8. The van der Waals surface area contributed by atoms with Gasteiger partial charge in [-0.2, -0.15) is 11.8 Å². The summed E-state index contributed by atoms with van der Waals surface area (Å²) in [5, 5.41) is 0.121. The quantitative estimate of drug-likeness (QED) is 0.763. The van der Waals surface area contributed by atoms with Gasteiger partial charge in [0, 0.05) is 17.7 Å². The molecule has 18 heavy (non-hydrogen) atoms. The Labute approximate surface area is 111 Å². The normalized spacial score (nSPS) is 11.4. The maximum absolute atomic E-state index is 12.0. The zero-order valence-corrected chi connectivity index (χ0v) is 11.0. The van der Waals surface area contributed by atoms with Crippen LogP contribution in [0, 0.1) is 0 Å². The maximum atomic E-state index is 12.0. The van der Waals surface area contributed by atoms with Gasteiger partial charge in [-0.1, -0.05) is 11.6 Å². The Bertz CT molecular complexity index is 435. The Morgan fingerprint density at radius 1 is 1.44 bits per heavy atom. The van der Waals surface area contributed by atoms with Crippen LogP contribution in [0.25, 0.3) is 0 Å². The number of benzene rings is 1. The van der Waals surface area contributed by atoms with Gasteiger partial charge in [-0.3, -0.25) is 4.79 Å². The minimum Gasteiger partial charge on any atom is -0.406 e. The Balaban J connectivity index is 2.91. The Morgan fingerprint density at radius 2 is 2.11 bits per heavy atom. The number of carbonyl (C=O) groups excluding carboxylic acids is 1. The van der Waals surface area contributed by atoms with Crippen molar-refractivity contribution in [3.05, 3.63) is 28.8 Å². The summed E-state index contributed by atoms with van der Waals surface area (Å²) in [6.07, 6.45) is -2.73. The van der Waals surface area contributed by atoms with Gasteiger partial charge in [0.25, 0.3) is 0 Å². The lowest BCUT2D eigenvalue weighted by atomic mass is 10.1. The number of Topliss-reactive ketones (excluding diaryl/α,β-unsaturated/α-hetero) is 1. The summed E-state index contributed by atoms with van der Waals surface area (Å²) in [7, 11) is 0. The molecule has 0 aliphatic heterocycles. The second kappa shape index (κ2) is 6.33. The van der Waals surface area contributed by atoms with Crippen LogP contribution in [0.15, 0.2) is 18.2 Å². The number of halogens is 4. The molecule has 0 fully saturated rings. The van der Waals surface area contributed by atoms with Crippen LogP contribution in [0.3, 0.4) is 0 Å². The largest absolute Gasteiger partial charge is 0.573 e. The molecular formula is C11H10ClF3O2S. The first-order chi connectivity index (χ1) is 8.33. The summed E-state index contributed by atoms with van der Waals surface area (Å²) in [6, 6.07) is 3.30. The SMILES string of the molecule is CSCCC(=O)c1cc(OC(F)(F)F)ccc1Cl. The molecule has 0 aliphatic rings. The minimum absolute atomic E-state index is 0.0486. The van der Waals surface area contributed by atoms with Crippen molar-refractivity contribution in [3.63, 3.8) is 0 Å². The van der Waals surface area contributed by atoms with E-state index in [1.165, 1.54) is 17.8 Å². The van der Waals surface area contributed by atoms with Gasteiger partial charge in [0.2, 0.25) is 0 Å². The molecule has 0 amide bonds. The van der Waals surface area contributed by atoms with Gasteiger partial charge in [-0.05, 0) is 24.5 Å². The van der Waals surface area contributed by atoms with Crippen LogP contribution in [0.4, 0.5) is 13.2 Å². The van der Waals surface area contributed by atoms with Gasteiger partial charge in [0.15, 0.2) is 5.78 Å². The Kier molecular flexibility index (Phi) is 5.34. The van der Waals surface area contributed by atoms with Crippen LogP contribution >= 0.6 is 23.4 Å². The third-order valence-electron chi connectivity index (χ3n) is 2.01. The molecule has 7 heteroatoms. The number of thioether (sulfide) groups is 1. The predicted octanol–water partition coefficient (Wildman–Crippen LogP) is 4.17. The van der Waals surface area contributed by atoms with E-state index in [9.17, 15) is 18.0 Å². The summed E-state index contributed by atoms with van der Waals surface area (Å²) in [4.78, 5) is 11.7. The molecule has 2 nitrogen and oxygen atoms in total.